The van der Waals surface area contributed by atoms with E-state index in [0.29, 0.717) is 19.0 Å². The molecule has 12 heteroatoms. The second-order valence-electron chi connectivity index (χ2n) is 5.95. The first-order chi connectivity index (χ1) is 13.8. The summed E-state index contributed by atoms with van der Waals surface area (Å²) in [6, 6.07) is 4.91. The lowest BCUT2D eigenvalue weighted by Crippen LogP contribution is -2.39. The van der Waals surface area contributed by atoms with Crippen LogP contribution in [0.4, 0.5) is 5.69 Å². The smallest absolute Gasteiger partial charge is 0.270 e. The van der Waals surface area contributed by atoms with Crippen LogP contribution in [0.3, 0.4) is 0 Å². The van der Waals surface area contributed by atoms with E-state index in [0.717, 1.165) is 22.4 Å². The molecule has 0 aliphatic heterocycles. The van der Waals surface area contributed by atoms with Crippen LogP contribution in [0.25, 0.3) is 0 Å². The number of non-ortho nitro benzene ring substituents is 1. The van der Waals surface area contributed by atoms with Gasteiger partial charge < -0.3 is 10.6 Å². The van der Waals surface area contributed by atoms with E-state index < -0.39 is 14.9 Å². The Kier molecular flexibility index (Phi) is 8.49. The van der Waals surface area contributed by atoms with Gasteiger partial charge in [0.1, 0.15) is 0 Å². The number of nitro benzene ring substituents is 1. The van der Waals surface area contributed by atoms with Crippen molar-refractivity contribution in [1.82, 2.24) is 20.3 Å². The van der Waals surface area contributed by atoms with Gasteiger partial charge >= 0.3 is 0 Å². The van der Waals surface area contributed by atoms with Crippen LogP contribution in [0.2, 0.25) is 0 Å². The van der Waals surface area contributed by atoms with Crippen molar-refractivity contribution in [2.45, 2.75) is 25.2 Å². The molecule has 158 valence electrons. The van der Waals surface area contributed by atoms with E-state index in [4.69, 9.17) is 0 Å². The van der Waals surface area contributed by atoms with Crippen molar-refractivity contribution < 1.29 is 13.3 Å². The first kappa shape index (κ1) is 22.7. The number of hydrogen-bond donors (Lipinski definition) is 3. The Labute approximate surface area is 173 Å². The van der Waals surface area contributed by atoms with Gasteiger partial charge in [-0.2, -0.15) is 0 Å². The number of thiazole rings is 1. The van der Waals surface area contributed by atoms with Crippen LogP contribution in [0.15, 0.2) is 40.4 Å². The molecule has 10 nitrogen and oxygen atoms in total. The molecule has 0 radical (unpaired) electrons. The highest BCUT2D eigenvalue weighted by molar-refractivity contribution is 7.89. The number of aryl methyl sites for hydroxylation is 1. The van der Waals surface area contributed by atoms with Gasteiger partial charge in [0.2, 0.25) is 10.0 Å². The Morgan fingerprint density at radius 3 is 2.76 bits per heavy atom. The average molecular weight is 441 g/mol. The molecule has 0 spiro atoms. The highest BCUT2D eigenvalue weighted by Gasteiger charge is 2.16. The molecule has 0 fully saturated rings. The normalized spacial score (nSPS) is 12.0. The third-order valence-electron chi connectivity index (χ3n) is 3.66. The summed E-state index contributed by atoms with van der Waals surface area (Å²) < 4.78 is 27.0. The zero-order chi connectivity index (χ0) is 21.3. The SMILES string of the molecule is CCNC(=NCCNS(=O)(=O)c1cccc([N+](=O)[O-])c1)NCCc1ncc(C)s1. The molecule has 0 saturated heterocycles. The molecule has 0 aliphatic carbocycles. The number of benzene rings is 1. The lowest BCUT2D eigenvalue weighted by molar-refractivity contribution is -0.385. The van der Waals surface area contributed by atoms with Gasteiger partial charge in [0.15, 0.2) is 5.96 Å². The van der Waals surface area contributed by atoms with Crippen LogP contribution in [-0.4, -0.2) is 50.5 Å². The maximum absolute atomic E-state index is 12.3. The lowest BCUT2D eigenvalue weighted by Gasteiger charge is -2.11. The first-order valence-corrected chi connectivity index (χ1v) is 11.3. The largest absolute Gasteiger partial charge is 0.357 e. The van der Waals surface area contributed by atoms with E-state index >= 15 is 0 Å². The van der Waals surface area contributed by atoms with E-state index in [1.807, 2.05) is 20.0 Å². The zero-order valence-corrected chi connectivity index (χ0v) is 17.8. The zero-order valence-electron chi connectivity index (χ0n) is 16.2. The number of rotatable bonds is 10. The van der Waals surface area contributed by atoms with Crippen molar-refractivity contribution in [2.75, 3.05) is 26.2 Å². The fraction of sp³-hybridized carbons (Fsp3) is 0.412. The summed E-state index contributed by atoms with van der Waals surface area (Å²) >= 11 is 1.65. The van der Waals surface area contributed by atoms with Crippen LogP contribution in [0.5, 0.6) is 0 Å². The van der Waals surface area contributed by atoms with Gasteiger partial charge in [-0.05, 0) is 19.9 Å². The van der Waals surface area contributed by atoms with Crippen LogP contribution in [0.1, 0.15) is 16.8 Å². The van der Waals surface area contributed by atoms with E-state index in [-0.39, 0.29) is 23.7 Å². The van der Waals surface area contributed by atoms with Gasteiger partial charge in [-0.3, -0.25) is 15.1 Å². The molecular formula is C17H24N6O4S2. The van der Waals surface area contributed by atoms with E-state index in [1.54, 1.807) is 11.3 Å². The molecule has 3 N–H and O–H groups in total. The van der Waals surface area contributed by atoms with Crippen molar-refractivity contribution in [1.29, 1.82) is 0 Å². The highest BCUT2D eigenvalue weighted by Crippen LogP contribution is 2.16. The number of nitrogens with one attached hydrogen (secondary N) is 3. The van der Waals surface area contributed by atoms with Gasteiger partial charge in [-0.25, -0.2) is 18.1 Å². The number of nitrogens with zero attached hydrogens (tertiary/aromatic N) is 3. The molecule has 0 saturated carbocycles. The molecule has 1 aromatic heterocycles. The average Bonchev–Trinajstić information content (AvgIpc) is 3.10. The fourth-order valence-corrected chi connectivity index (χ4v) is 4.19. The monoisotopic (exact) mass is 440 g/mol. The molecular weight excluding hydrogens is 416 g/mol. The molecule has 0 amide bonds. The Bertz CT molecular complexity index is 958. The molecule has 0 aliphatic rings. The van der Waals surface area contributed by atoms with Crippen molar-refractivity contribution in [3.63, 3.8) is 0 Å². The summed E-state index contributed by atoms with van der Waals surface area (Å²) in [5.74, 6) is 0.579. The van der Waals surface area contributed by atoms with Gasteiger partial charge in [0, 0.05) is 49.3 Å². The summed E-state index contributed by atoms with van der Waals surface area (Å²) in [7, 11) is -3.85. The summed E-state index contributed by atoms with van der Waals surface area (Å²) in [6.07, 6.45) is 2.61. The van der Waals surface area contributed by atoms with Crippen LogP contribution in [0, 0.1) is 17.0 Å². The second-order valence-corrected chi connectivity index (χ2v) is 9.04. The van der Waals surface area contributed by atoms with Crippen molar-refractivity contribution in [3.05, 3.63) is 50.5 Å². The van der Waals surface area contributed by atoms with Gasteiger partial charge in [0.25, 0.3) is 5.69 Å². The summed E-state index contributed by atoms with van der Waals surface area (Å²) in [4.78, 5) is 19.8. The number of nitro groups is 1. The van der Waals surface area contributed by atoms with Crippen molar-refractivity contribution in [3.8, 4) is 0 Å². The van der Waals surface area contributed by atoms with E-state index in [9.17, 15) is 18.5 Å². The van der Waals surface area contributed by atoms with Gasteiger partial charge in [0.05, 0.1) is 21.4 Å². The predicted molar refractivity (Wildman–Crippen MR) is 113 cm³/mol. The molecule has 0 atom stereocenters. The molecule has 1 heterocycles. The topological polar surface area (TPSA) is 139 Å². The molecule has 2 rings (SSSR count). The molecule has 0 unspecified atom stereocenters. The summed E-state index contributed by atoms with van der Waals surface area (Å²) in [6.45, 7) is 5.54. The van der Waals surface area contributed by atoms with Gasteiger partial charge in [-0.1, -0.05) is 6.07 Å². The number of sulfonamides is 1. The first-order valence-electron chi connectivity index (χ1n) is 8.99. The van der Waals surface area contributed by atoms with E-state index in [2.05, 4.69) is 25.3 Å². The maximum Gasteiger partial charge on any atom is 0.270 e. The van der Waals surface area contributed by atoms with Crippen LogP contribution in [-0.2, 0) is 16.4 Å². The molecule has 1 aromatic carbocycles. The number of hydrogen-bond acceptors (Lipinski definition) is 7. The predicted octanol–water partition coefficient (Wildman–Crippen LogP) is 1.44. The minimum Gasteiger partial charge on any atom is -0.357 e. The Balaban J connectivity index is 1.86. The van der Waals surface area contributed by atoms with Crippen molar-refractivity contribution in [2.24, 2.45) is 4.99 Å². The molecule has 29 heavy (non-hydrogen) atoms. The number of aliphatic imine (C=N–C) groups is 1. The highest BCUT2D eigenvalue weighted by atomic mass is 32.2. The summed E-state index contributed by atoms with van der Waals surface area (Å²) in [5.41, 5.74) is -0.278. The Hall–Kier alpha value is -2.57. The second kappa shape index (κ2) is 10.8. The van der Waals surface area contributed by atoms with Crippen molar-refractivity contribution >= 4 is 33.0 Å². The summed E-state index contributed by atoms with van der Waals surface area (Å²) in [5, 5.41) is 18.1. The third-order valence-corrected chi connectivity index (χ3v) is 6.09. The minimum absolute atomic E-state index is 0.0628. The minimum atomic E-state index is -3.85. The van der Waals surface area contributed by atoms with E-state index in [1.165, 1.54) is 18.2 Å². The third kappa shape index (κ3) is 7.40. The van der Waals surface area contributed by atoms with Crippen LogP contribution >= 0.6 is 11.3 Å². The Morgan fingerprint density at radius 1 is 1.31 bits per heavy atom. The number of guanidine groups is 1. The molecule has 0 bridgehead atoms. The van der Waals surface area contributed by atoms with Crippen LogP contribution < -0.4 is 15.4 Å². The van der Waals surface area contributed by atoms with Gasteiger partial charge in [-0.15, -0.1) is 11.3 Å². The number of aromatic nitrogens is 1. The standard InChI is InChI=1S/C17H24N6O4S2/c1-3-18-17(19-8-7-16-21-12-13(2)28-16)20-9-10-22-29(26,27)15-6-4-5-14(11-15)23(24)25/h4-6,11-12,22H,3,7-10H2,1-2H3,(H2,18,19,20). The molecule has 2 aromatic rings. The quantitative estimate of drug-likeness (QED) is 0.167. The maximum atomic E-state index is 12.3. The Morgan fingerprint density at radius 2 is 2.10 bits per heavy atom. The lowest BCUT2D eigenvalue weighted by atomic mass is 10.3. The fourth-order valence-electron chi connectivity index (χ4n) is 2.34.